The lowest BCUT2D eigenvalue weighted by Crippen LogP contribution is -2.35. The summed E-state index contributed by atoms with van der Waals surface area (Å²) in [5.74, 6) is -1.11. The lowest BCUT2D eigenvalue weighted by atomic mass is 9.98. The number of ether oxygens (including phenoxy) is 1. The van der Waals surface area contributed by atoms with Crippen molar-refractivity contribution in [2.45, 2.75) is 18.5 Å². The van der Waals surface area contributed by atoms with Crippen molar-refractivity contribution in [1.82, 2.24) is 4.90 Å². The van der Waals surface area contributed by atoms with E-state index >= 15 is 0 Å². The zero-order chi connectivity index (χ0) is 20.0. The molecule has 0 saturated carbocycles. The molecule has 2 aliphatic rings. The molecular formula is C24H19NO4. The molecule has 5 rings (SSSR count). The Morgan fingerprint density at radius 1 is 0.862 bits per heavy atom. The van der Waals surface area contributed by atoms with E-state index in [0.29, 0.717) is 5.56 Å². The van der Waals surface area contributed by atoms with Gasteiger partial charge in [0.25, 0.3) is 0 Å². The minimum Gasteiger partial charge on any atom is -0.479 e. The molecule has 5 heteroatoms. The van der Waals surface area contributed by atoms with Crippen molar-refractivity contribution in [3.63, 3.8) is 0 Å². The molecule has 1 heterocycles. The van der Waals surface area contributed by atoms with Crippen LogP contribution in [0.15, 0.2) is 72.8 Å². The van der Waals surface area contributed by atoms with E-state index < -0.39 is 18.1 Å². The number of rotatable bonds is 3. The van der Waals surface area contributed by atoms with Gasteiger partial charge in [0.1, 0.15) is 6.61 Å². The van der Waals surface area contributed by atoms with Gasteiger partial charge in [-0.05, 0) is 33.4 Å². The number of hydrogen-bond acceptors (Lipinski definition) is 3. The molecule has 0 radical (unpaired) electrons. The van der Waals surface area contributed by atoms with Crippen molar-refractivity contribution in [1.29, 1.82) is 0 Å². The van der Waals surface area contributed by atoms with E-state index in [4.69, 9.17) is 4.74 Å². The summed E-state index contributed by atoms with van der Waals surface area (Å²) < 4.78 is 5.66. The Balaban J connectivity index is 1.38. The largest absolute Gasteiger partial charge is 0.479 e. The second-order valence-corrected chi connectivity index (χ2v) is 7.37. The molecule has 1 atom stereocenters. The number of carbonyl (C=O) groups excluding carboxylic acids is 1. The fourth-order valence-electron chi connectivity index (χ4n) is 4.50. The molecule has 3 aromatic rings. The molecule has 0 aromatic heterocycles. The van der Waals surface area contributed by atoms with E-state index in [-0.39, 0.29) is 19.1 Å². The first kappa shape index (κ1) is 17.5. The first-order chi connectivity index (χ1) is 14.1. The fourth-order valence-corrected chi connectivity index (χ4v) is 4.50. The highest BCUT2D eigenvalue weighted by molar-refractivity contribution is 5.84. The summed E-state index contributed by atoms with van der Waals surface area (Å²) in [7, 11) is 0. The number of amides is 1. The van der Waals surface area contributed by atoms with E-state index in [1.807, 2.05) is 36.4 Å². The van der Waals surface area contributed by atoms with Gasteiger partial charge in [-0.25, -0.2) is 9.59 Å². The van der Waals surface area contributed by atoms with Crippen LogP contribution >= 0.6 is 0 Å². The second-order valence-electron chi connectivity index (χ2n) is 7.37. The van der Waals surface area contributed by atoms with Crippen LogP contribution in [0.25, 0.3) is 11.1 Å². The average molecular weight is 385 g/mol. The minimum atomic E-state index is -1.05. The number of carboxylic acid groups (broad SMARTS) is 1. The SMILES string of the molecule is O=C(O)[C@H]1c2ccccc2CN1C(=O)OCC1c2ccccc2-c2ccccc21. The zero-order valence-corrected chi connectivity index (χ0v) is 15.6. The van der Waals surface area contributed by atoms with Crippen LogP contribution in [0.2, 0.25) is 0 Å². The van der Waals surface area contributed by atoms with Crippen molar-refractivity contribution in [2.24, 2.45) is 0 Å². The maximum Gasteiger partial charge on any atom is 0.411 e. The molecule has 0 fully saturated rings. The summed E-state index contributed by atoms with van der Waals surface area (Å²) >= 11 is 0. The summed E-state index contributed by atoms with van der Waals surface area (Å²) in [6.45, 7) is 0.413. The van der Waals surface area contributed by atoms with Crippen molar-refractivity contribution in [3.8, 4) is 11.1 Å². The van der Waals surface area contributed by atoms with E-state index in [9.17, 15) is 14.7 Å². The highest BCUT2D eigenvalue weighted by Gasteiger charge is 2.40. The van der Waals surface area contributed by atoms with Crippen molar-refractivity contribution < 1.29 is 19.4 Å². The first-order valence-electron chi connectivity index (χ1n) is 9.57. The number of carbonyl (C=O) groups is 2. The van der Waals surface area contributed by atoms with Crippen LogP contribution in [0.1, 0.15) is 34.2 Å². The van der Waals surface area contributed by atoms with E-state index in [1.165, 1.54) is 4.90 Å². The summed E-state index contributed by atoms with van der Waals surface area (Å²) in [5.41, 5.74) is 6.05. The molecule has 0 bridgehead atoms. The van der Waals surface area contributed by atoms with Gasteiger partial charge in [0, 0.05) is 5.92 Å². The molecule has 29 heavy (non-hydrogen) atoms. The van der Waals surface area contributed by atoms with Crippen LogP contribution in [0.3, 0.4) is 0 Å². The Hall–Kier alpha value is -3.60. The van der Waals surface area contributed by atoms with E-state index in [0.717, 1.165) is 27.8 Å². The van der Waals surface area contributed by atoms with Crippen LogP contribution in [-0.2, 0) is 16.1 Å². The predicted octanol–water partition coefficient (Wildman–Crippen LogP) is 4.58. The van der Waals surface area contributed by atoms with Gasteiger partial charge in [-0.1, -0.05) is 72.8 Å². The summed E-state index contributed by atoms with van der Waals surface area (Å²) in [6.07, 6.45) is -0.601. The number of aliphatic carboxylic acids is 1. The number of nitrogens with zero attached hydrogens (tertiary/aromatic N) is 1. The van der Waals surface area contributed by atoms with Crippen LogP contribution in [0.5, 0.6) is 0 Å². The van der Waals surface area contributed by atoms with Gasteiger partial charge in [-0.2, -0.15) is 0 Å². The zero-order valence-electron chi connectivity index (χ0n) is 15.6. The van der Waals surface area contributed by atoms with E-state index in [2.05, 4.69) is 24.3 Å². The van der Waals surface area contributed by atoms with Crippen LogP contribution in [0.4, 0.5) is 4.79 Å². The molecule has 1 aliphatic carbocycles. The highest BCUT2D eigenvalue weighted by Crippen LogP contribution is 2.44. The fraction of sp³-hybridized carbons (Fsp3) is 0.167. The molecule has 5 nitrogen and oxygen atoms in total. The molecule has 0 spiro atoms. The third kappa shape index (κ3) is 2.78. The average Bonchev–Trinajstić information content (AvgIpc) is 3.28. The topological polar surface area (TPSA) is 66.8 Å². The Labute approximate surface area is 168 Å². The molecule has 0 unspecified atom stereocenters. The van der Waals surface area contributed by atoms with E-state index in [1.54, 1.807) is 12.1 Å². The maximum atomic E-state index is 12.8. The van der Waals surface area contributed by atoms with Gasteiger partial charge in [-0.3, -0.25) is 4.90 Å². The quantitative estimate of drug-likeness (QED) is 0.717. The van der Waals surface area contributed by atoms with Crippen LogP contribution < -0.4 is 0 Å². The summed E-state index contributed by atoms with van der Waals surface area (Å²) in [6, 6.07) is 22.5. The second kappa shape index (κ2) is 6.78. The summed E-state index contributed by atoms with van der Waals surface area (Å²) in [4.78, 5) is 26.0. The molecule has 144 valence electrons. The molecule has 0 saturated heterocycles. The molecule has 1 amide bonds. The van der Waals surface area contributed by atoms with Gasteiger partial charge >= 0.3 is 12.1 Å². The molecule has 1 N–H and O–H groups in total. The third-order valence-corrected chi connectivity index (χ3v) is 5.81. The van der Waals surface area contributed by atoms with Crippen molar-refractivity contribution in [3.05, 3.63) is 95.1 Å². The number of carboxylic acids is 1. The van der Waals surface area contributed by atoms with Crippen LogP contribution in [-0.4, -0.2) is 28.7 Å². The number of fused-ring (bicyclic) bond motifs is 4. The monoisotopic (exact) mass is 385 g/mol. The number of hydrogen-bond donors (Lipinski definition) is 1. The Bertz CT molecular complexity index is 1080. The summed E-state index contributed by atoms with van der Waals surface area (Å²) in [5, 5.41) is 9.67. The maximum absolute atomic E-state index is 12.8. The lowest BCUT2D eigenvalue weighted by Gasteiger charge is -2.23. The lowest BCUT2D eigenvalue weighted by molar-refractivity contribution is -0.142. The van der Waals surface area contributed by atoms with Gasteiger partial charge in [0.2, 0.25) is 0 Å². The minimum absolute atomic E-state index is 0.0559. The molecular weight excluding hydrogens is 366 g/mol. The van der Waals surface area contributed by atoms with Gasteiger partial charge in [-0.15, -0.1) is 0 Å². The standard InChI is InChI=1S/C24H19NO4/c26-23(27)22-16-8-2-1-7-15(16)13-25(22)24(28)29-14-21-19-11-5-3-9-17(19)18-10-4-6-12-20(18)21/h1-12,21-22H,13-14H2,(H,26,27)/t22-/m1/s1. The Morgan fingerprint density at radius 3 is 2.03 bits per heavy atom. The van der Waals surface area contributed by atoms with Gasteiger partial charge in [0.05, 0.1) is 6.54 Å². The van der Waals surface area contributed by atoms with Gasteiger partial charge in [0.15, 0.2) is 6.04 Å². The van der Waals surface area contributed by atoms with Crippen molar-refractivity contribution >= 4 is 12.1 Å². The predicted molar refractivity (Wildman–Crippen MR) is 107 cm³/mol. The van der Waals surface area contributed by atoms with Crippen LogP contribution in [0, 0.1) is 0 Å². The molecule has 1 aliphatic heterocycles. The smallest absolute Gasteiger partial charge is 0.411 e. The number of benzene rings is 3. The Kier molecular flexibility index (Phi) is 4.09. The van der Waals surface area contributed by atoms with Crippen molar-refractivity contribution in [2.75, 3.05) is 6.61 Å². The normalized spacial score (nSPS) is 16.8. The first-order valence-corrected chi connectivity index (χ1v) is 9.57. The third-order valence-electron chi connectivity index (χ3n) is 5.81. The molecule has 3 aromatic carbocycles. The highest BCUT2D eigenvalue weighted by atomic mass is 16.6. The Morgan fingerprint density at radius 2 is 1.41 bits per heavy atom. The van der Waals surface area contributed by atoms with Gasteiger partial charge < -0.3 is 9.84 Å².